The van der Waals surface area contributed by atoms with Crippen molar-refractivity contribution in [2.24, 2.45) is 0 Å². The molecule has 0 bridgehead atoms. The Morgan fingerprint density at radius 3 is 2.89 bits per heavy atom. The molecule has 106 valence electrons. The average Bonchev–Trinajstić information content (AvgIpc) is 2.74. The van der Waals surface area contributed by atoms with Gasteiger partial charge in [-0.05, 0) is 19.3 Å². The molecule has 1 fully saturated rings. The van der Waals surface area contributed by atoms with Gasteiger partial charge in [0.1, 0.15) is 11.6 Å². The third-order valence-corrected chi connectivity index (χ3v) is 6.40. The number of aryl methyl sites for hydroxylation is 1. The van der Waals surface area contributed by atoms with Crippen molar-refractivity contribution >= 4 is 9.84 Å². The van der Waals surface area contributed by atoms with Crippen molar-refractivity contribution in [3.05, 3.63) is 11.6 Å². The topological polar surface area (TPSA) is 85.1 Å². The Kier molecular flexibility index (Phi) is 3.34. The van der Waals surface area contributed by atoms with E-state index in [0.29, 0.717) is 43.8 Å². The Morgan fingerprint density at radius 2 is 2.11 bits per heavy atom. The molecule has 2 atom stereocenters. The van der Waals surface area contributed by atoms with Crippen LogP contribution in [0.4, 0.5) is 0 Å². The van der Waals surface area contributed by atoms with Gasteiger partial charge in [0.05, 0.1) is 23.7 Å². The molecule has 2 aliphatic heterocycles. The lowest BCUT2D eigenvalue weighted by Crippen LogP contribution is -2.32. The zero-order valence-corrected chi connectivity index (χ0v) is 11.6. The molecule has 0 aromatic carbocycles. The predicted octanol–water partition coefficient (Wildman–Crippen LogP) is 0.0950. The number of sulfone groups is 1. The highest BCUT2D eigenvalue weighted by atomic mass is 32.2. The first-order valence-corrected chi connectivity index (χ1v) is 8.58. The van der Waals surface area contributed by atoms with Crippen LogP contribution >= 0.6 is 0 Å². The van der Waals surface area contributed by atoms with Crippen LogP contribution in [0, 0.1) is 0 Å². The molecule has 0 aliphatic carbocycles. The normalized spacial score (nSPS) is 29.9. The Bertz CT molecular complexity index is 567. The molecule has 0 amide bonds. The molecule has 0 spiro atoms. The van der Waals surface area contributed by atoms with Gasteiger partial charge >= 0.3 is 0 Å². The van der Waals surface area contributed by atoms with Crippen molar-refractivity contribution in [3.8, 4) is 0 Å². The zero-order valence-electron chi connectivity index (χ0n) is 10.8. The molecule has 0 radical (unpaired) electrons. The molecule has 7 heteroatoms. The van der Waals surface area contributed by atoms with Crippen LogP contribution in [0.2, 0.25) is 0 Å². The minimum absolute atomic E-state index is 0.293. The molecule has 3 heterocycles. The van der Waals surface area contributed by atoms with Gasteiger partial charge in [0.15, 0.2) is 9.84 Å². The van der Waals surface area contributed by atoms with Crippen molar-refractivity contribution in [2.75, 3.05) is 5.75 Å². The SMILES string of the molecule is O=S1(=O)CCCCC1Cc1nnc2n1CC(O)CC2. The molecule has 3 rings (SSSR count). The summed E-state index contributed by atoms with van der Waals surface area (Å²) in [6.45, 7) is 0.491. The summed E-state index contributed by atoms with van der Waals surface area (Å²) < 4.78 is 26.0. The highest BCUT2D eigenvalue weighted by Crippen LogP contribution is 2.24. The lowest BCUT2D eigenvalue weighted by Gasteiger charge is -2.24. The maximum absolute atomic E-state index is 12.0. The fraction of sp³-hybridized carbons (Fsp3) is 0.833. The molecule has 2 unspecified atom stereocenters. The summed E-state index contributed by atoms with van der Waals surface area (Å²) in [5.74, 6) is 1.87. The first-order valence-electron chi connectivity index (χ1n) is 6.87. The molecule has 6 nitrogen and oxygen atoms in total. The zero-order chi connectivity index (χ0) is 13.5. The van der Waals surface area contributed by atoms with Gasteiger partial charge in [-0.1, -0.05) is 6.42 Å². The summed E-state index contributed by atoms with van der Waals surface area (Å²) in [5.41, 5.74) is 0. The molecule has 0 saturated carbocycles. The van der Waals surface area contributed by atoms with E-state index >= 15 is 0 Å². The van der Waals surface area contributed by atoms with Gasteiger partial charge in [0.2, 0.25) is 0 Å². The summed E-state index contributed by atoms with van der Waals surface area (Å²) in [6.07, 6.45) is 3.94. The summed E-state index contributed by atoms with van der Waals surface area (Å²) >= 11 is 0. The van der Waals surface area contributed by atoms with Crippen molar-refractivity contribution < 1.29 is 13.5 Å². The number of hydrogen-bond acceptors (Lipinski definition) is 5. The maximum Gasteiger partial charge on any atom is 0.153 e. The van der Waals surface area contributed by atoms with Gasteiger partial charge in [-0.15, -0.1) is 10.2 Å². The number of nitrogens with zero attached hydrogens (tertiary/aromatic N) is 3. The van der Waals surface area contributed by atoms with Crippen LogP contribution in [0.5, 0.6) is 0 Å². The first kappa shape index (κ1) is 13.1. The second kappa shape index (κ2) is 4.86. The van der Waals surface area contributed by atoms with Crippen LogP contribution in [0.3, 0.4) is 0 Å². The summed E-state index contributed by atoms with van der Waals surface area (Å²) in [7, 11) is -2.98. The van der Waals surface area contributed by atoms with E-state index in [-0.39, 0.29) is 11.4 Å². The summed E-state index contributed by atoms with van der Waals surface area (Å²) in [4.78, 5) is 0. The number of fused-ring (bicyclic) bond motifs is 1. The van der Waals surface area contributed by atoms with Crippen LogP contribution in [0.25, 0.3) is 0 Å². The van der Waals surface area contributed by atoms with Crippen LogP contribution in [-0.4, -0.2) is 45.4 Å². The number of aliphatic hydroxyl groups excluding tert-OH is 1. The van der Waals surface area contributed by atoms with E-state index in [0.717, 1.165) is 18.7 Å². The van der Waals surface area contributed by atoms with Gasteiger partial charge < -0.3 is 9.67 Å². The standard InChI is InChI=1S/C12H19N3O3S/c16-9-4-5-11-13-14-12(15(11)8-9)7-10-3-1-2-6-19(10,17)18/h9-10,16H,1-8H2. The van der Waals surface area contributed by atoms with Crippen LogP contribution < -0.4 is 0 Å². The number of hydrogen-bond donors (Lipinski definition) is 1. The van der Waals surface area contributed by atoms with Crippen molar-refractivity contribution in [3.63, 3.8) is 0 Å². The van der Waals surface area contributed by atoms with Crippen LogP contribution in [-0.2, 0) is 29.2 Å². The third kappa shape index (κ3) is 2.53. The number of aliphatic hydroxyl groups is 1. The van der Waals surface area contributed by atoms with Crippen LogP contribution in [0.15, 0.2) is 0 Å². The van der Waals surface area contributed by atoms with E-state index in [2.05, 4.69) is 10.2 Å². The van der Waals surface area contributed by atoms with E-state index in [4.69, 9.17) is 0 Å². The maximum atomic E-state index is 12.0. The Labute approximate surface area is 112 Å². The van der Waals surface area contributed by atoms with E-state index in [1.807, 2.05) is 4.57 Å². The lowest BCUT2D eigenvalue weighted by atomic mass is 10.1. The fourth-order valence-corrected chi connectivity index (χ4v) is 4.84. The molecule has 1 saturated heterocycles. The van der Waals surface area contributed by atoms with Gasteiger partial charge in [-0.3, -0.25) is 0 Å². The van der Waals surface area contributed by atoms with Gasteiger partial charge in [-0.25, -0.2) is 8.42 Å². The Morgan fingerprint density at radius 1 is 1.26 bits per heavy atom. The van der Waals surface area contributed by atoms with E-state index in [9.17, 15) is 13.5 Å². The predicted molar refractivity (Wildman–Crippen MR) is 69.5 cm³/mol. The summed E-state index contributed by atoms with van der Waals surface area (Å²) in [5, 5.41) is 17.6. The first-order chi connectivity index (χ1) is 9.06. The van der Waals surface area contributed by atoms with Crippen molar-refractivity contribution in [2.45, 2.75) is 56.4 Å². The number of aromatic nitrogens is 3. The highest BCUT2D eigenvalue weighted by Gasteiger charge is 2.31. The molecule has 2 aliphatic rings. The Hall–Kier alpha value is -0.950. The molecule has 1 aromatic rings. The minimum Gasteiger partial charge on any atom is -0.391 e. The smallest absolute Gasteiger partial charge is 0.153 e. The fourth-order valence-electron chi connectivity index (χ4n) is 2.97. The van der Waals surface area contributed by atoms with Crippen molar-refractivity contribution in [1.82, 2.24) is 14.8 Å². The minimum atomic E-state index is -2.98. The molecular formula is C12H19N3O3S. The van der Waals surface area contributed by atoms with E-state index < -0.39 is 9.84 Å². The monoisotopic (exact) mass is 285 g/mol. The molecule has 1 aromatic heterocycles. The highest BCUT2D eigenvalue weighted by molar-refractivity contribution is 7.92. The number of rotatable bonds is 2. The van der Waals surface area contributed by atoms with Crippen molar-refractivity contribution in [1.29, 1.82) is 0 Å². The second-order valence-corrected chi connectivity index (χ2v) is 7.93. The molecular weight excluding hydrogens is 266 g/mol. The average molecular weight is 285 g/mol. The van der Waals surface area contributed by atoms with E-state index in [1.54, 1.807) is 0 Å². The second-order valence-electron chi connectivity index (χ2n) is 5.52. The molecule has 19 heavy (non-hydrogen) atoms. The third-order valence-electron chi connectivity index (χ3n) is 4.12. The Balaban J connectivity index is 1.82. The van der Waals surface area contributed by atoms with Gasteiger partial charge in [0, 0.05) is 12.8 Å². The van der Waals surface area contributed by atoms with Gasteiger partial charge in [-0.2, -0.15) is 0 Å². The van der Waals surface area contributed by atoms with E-state index in [1.165, 1.54) is 0 Å². The van der Waals surface area contributed by atoms with Crippen LogP contribution in [0.1, 0.15) is 37.3 Å². The summed E-state index contributed by atoms with van der Waals surface area (Å²) in [6, 6.07) is 0. The van der Waals surface area contributed by atoms with Gasteiger partial charge in [0.25, 0.3) is 0 Å². The lowest BCUT2D eigenvalue weighted by molar-refractivity contribution is 0.129. The molecule has 1 N–H and O–H groups in total. The quantitative estimate of drug-likeness (QED) is 0.832. The largest absolute Gasteiger partial charge is 0.391 e.